The minimum absolute atomic E-state index is 0.0310. The van der Waals surface area contributed by atoms with Crippen molar-refractivity contribution in [2.24, 2.45) is 0 Å². The van der Waals surface area contributed by atoms with Crippen LogP contribution in [-0.4, -0.2) is 36.0 Å². The Morgan fingerprint density at radius 1 is 0.914 bits per heavy atom. The second-order valence-corrected chi connectivity index (χ2v) is 9.87. The van der Waals surface area contributed by atoms with E-state index in [-0.39, 0.29) is 5.91 Å². The number of nitrogens with zero attached hydrogens (tertiary/aromatic N) is 1. The summed E-state index contributed by atoms with van der Waals surface area (Å²) in [5.41, 5.74) is 5.29. The molecule has 5 nitrogen and oxygen atoms in total. The molecule has 182 valence electrons. The second-order valence-electron chi connectivity index (χ2n) is 9.87. The van der Waals surface area contributed by atoms with E-state index in [1.165, 1.54) is 12.7 Å². The summed E-state index contributed by atoms with van der Waals surface area (Å²) in [7, 11) is 1.35. The Morgan fingerprint density at radius 3 is 2.34 bits per heavy atom. The first-order valence-electron chi connectivity index (χ1n) is 12.1. The lowest BCUT2D eigenvalue weighted by atomic mass is 9.96. The molecule has 0 saturated carbocycles. The molecule has 1 aliphatic heterocycles. The zero-order valence-electron chi connectivity index (χ0n) is 21.1. The van der Waals surface area contributed by atoms with Crippen molar-refractivity contribution in [3.63, 3.8) is 0 Å². The molecule has 1 amide bonds. The standard InChI is InChI=1S/C30H33NO4/c1-20(2)21-9-11-22(12-10-21)23-7-6-8-25(17-23)28(32)31-16-15-24-18-27(14-13-26(24)19-31)35-30(3,4)29(33)34-5/h6-14,17-18,20H,15-16,19H2,1-5H3. The third-order valence-electron chi connectivity index (χ3n) is 6.55. The van der Waals surface area contributed by atoms with Gasteiger partial charge < -0.3 is 14.4 Å². The third kappa shape index (κ3) is 5.40. The molecule has 0 saturated heterocycles. The number of hydrogen-bond acceptors (Lipinski definition) is 4. The second kappa shape index (κ2) is 9.95. The van der Waals surface area contributed by atoms with Crippen LogP contribution in [0.1, 0.15) is 60.7 Å². The summed E-state index contributed by atoms with van der Waals surface area (Å²) in [6, 6.07) is 22.2. The van der Waals surface area contributed by atoms with Crippen molar-refractivity contribution in [3.05, 3.63) is 89.0 Å². The van der Waals surface area contributed by atoms with Crippen LogP contribution >= 0.6 is 0 Å². The SMILES string of the molecule is COC(=O)C(C)(C)Oc1ccc2c(c1)CCN(C(=O)c1cccc(-c3ccc(C(C)C)cc3)c1)C2. The number of methoxy groups -OCH3 is 1. The number of ether oxygens (including phenoxy) is 2. The number of benzene rings is 3. The molecule has 0 radical (unpaired) electrons. The van der Waals surface area contributed by atoms with Crippen LogP contribution in [0.25, 0.3) is 11.1 Å². The lowest BCUT2D eigenvalue weighted by Crippen LogP contribution is -2.39. The van der Waals surface area contributed by atoms with E-state index >= 15 is 0 Å². The lowest BCUT2D eigenvalue weighted by molar-refractivity contribution is -0.156. The molecule has 1 heterocycles. The number of carbonyl (C=O) groups excluding carboxylic acids is 2. The number of carbonyl (C=O) groups is 2. The quantitative estimate of drug-likeness (QED) is 0.414. The summed E-state index contributed by atoms with van der Waals surface area (Å²) >= 11 is 0. The zero-order chi connectivity index (χ0) is 25.2. The predicted molar refractivity (Wildman–Crippen MR) is 138 cm³/mol. The van der Waals surface area contributed by atoms with E-state index in [9.17, 15) is 9.59 Å². The Morgan fingerprint density at radius 2 is 1.66 bits per heavy atom. The fourth-order valence-corrected chi connectivity index (χ4v) is 4.42. The summed E-state index contributed by atoms with van der Waals surface area (Å²) < 4.78 is 10.7. The highest BCUT2D eigenvalue weighted by molar-refractivity contribution is 5.95. The molecule has 0 aromatic heterocycles. The summed E-state index contributed by atoms with van der Waals surface area (Å²) in [5.74, 6) is 0.713. The van der Waals surface area contributed by atoms with Crippen LogP contribution < -0.4 is 4.74 Å². The van der Waals surface area contributed by atoms with Gasteiger partial charge in [0.1, 0.15) is 5.75 Å². The van der Waals surface area contributed by atoms with E-state index in [0.717, 1.165) is 28.7 Å². The van der Waals surface area contributed by atoms with Crippen LogP contribution in [0.2, 0.25) is 0 Å². The molecule has 4 rings (SSSR count). The highest BCUT2D eigenvalue weighted by Gasteiger charge is 2.31. The Bertz CT molecular complexity index is 1230. The highest BCUT2D eigenvalue weighted by atomic mass is 16.6. The Hall–Kier alpha value is -3.60. The molecular formula is C30H33NO4. The van der Waals surface area contributed by atoms with Crippen LogP contribution in [0.15, 0.2) is 66.7 Å². The first kappa shape index (κ1) is 24.5. The molecular weight excluding hydrogens is 438 g/mol. The molecule has 5 heteroatoms. The monoisotopic (exact) mass is 471 g/mol. The van der Waals surface area contributed by atoms with Crippen molar-refractivity contribution in [3.8, 4) is 16.9 Å². The zero-order valence-corrected chi connectivity index (χ0v) is 21.1. The van der Waals surface area contributed by atoms with Gasteiger partial charge >= 0.3 is 5.97 Å². The maximum atomic E-state index is 13.3. The maximum Gasteiger partial charge on any atom is 0.349 e. The summed E-state index contributed by atoms with van der Waals surface area (Å²) in [6.07, 6.45) is 0.729. The van der Waals surface area contributed by atoms with E-state index < -0.39 is 11.6 Å². The first-order valence-corrected chi connectivity index (χ1v) is 12.1. The van der Waals surface area contributed by atoms with E-state index in [2.05, 4.69) is 38.1 Å². The van der Waals surface area contributed by atoms with Gasteiger partial charge in [0, 0.05) is 18.7 Å². The largest absolute Gasteiger partial charge is 0.476 e. The van der Waals surface area contributed by atoms with E-state index in [1.807, 2.05) is 47.4 Å². The van der Waals surface area contributed by atoms with E-state index in [0.29, 0.717) is 30.3 Å². The van der Waals surface area contributed by atoms with Gasteiger partial charge in [0.05, 0.1) is 7.11 Å². The van der Waals surface area contributed by atoms with Crippen molar-refractivity contribution in [2.45, 2.75) is 52.2 Å². The lowest BCUT2D eigenvalue weighted by Gasteiger charge is -2.30. The third-order valence-corrected chi connectivity index (χ3v) is 6.55. The van der Waals surface area contributed by atoms with Crippen molar-refractivity contribution in [2.75, 3.05) is 13.7 Å². The molecule has 0 atom stereocenters. The average Bonchev–Trinajstić information content (AvgIpc) is 2.87. The van der Waals surface area contributed by atoms with Crippen molar-refractivity contribution in [1.29, 1.82) is 0 Å². The van der Waals surface area contributed by atoms with Crippen LogP contribution in [0.4, 0.5) is 0 Å². The molecule has 0 spiro atoms. The first-order chi connectivity index (χ1) is 16.7. The van der Waals surface area contributed by atoms with Gasteiger partial charge in [-0.1, -0.05) is 56.3 Å². The normalized spacial score (nSPS) is 13.4. The molecule has 3 aromatic carbocycles. The molecule has 0 bridgehead atoms. The average molecular weight is 472 g/mol. The van der Waals surface area contributed by atoms with Crippen molar-refractivity contribution < 1.29 is 19.1 Å². The number of rotatable bonds is 6. The van der Waals surface area contributed by atoms with Crippen molar-refractivity contribution >= 4 is 11.9 Å². The number of fused-ring (bicyclic) bond motifs is 1. The minimum Gasteiger partial charge on any atom is -0.476 e. The van der Waals surface area contributed by atoms with Crippen LogP contribution in [0.5, 0.6) is 5.75 Å². The van der Waals surface area contributed by atoms with Gasteiger partial charge in [-0.2, -0.15) is 0 Å². The molecule has 0 unspecified atom stereocenters. The molecule has 1 aliphatic rings. The van der Waals surface area contributed by atoms with Crippen LogP contribution in [0.3, 0.4) is 0 Å². The molecule has 0 aliphatic carbocycles. The fourth-order valence-electron chi connectivity index (χ4n) is 4.42. The van der Waals surface area contributed by atoms with E-state index in [4.69, 9.17) is 9.47 Å². The molecule has 3 aromatic rings. The summed E-state index contributed by atoms with van der Waals surface area (Å²) in [5, 5.41) is 0. The van der Waals surface area contributed by atoms with Crippen LogP contribution in [0, 0.1) is 0 Å². The van der Waals surface area contributed by atoms with Gasteiger partial charge in [0.15, 0.2) is 5.60 Å². The van der Waals surface area contributed by atoms with Gasteiger partial charge in [-0.15, -0.1) is 0 Å². The number of esters is 1. The number of amides is 1. The van der Waals surface area contributed by atoms with E-state index in [1.54, 1.807) is 13.8 Å². The van der Waals surface area contributed by atoms with Crippen LogP contribution in [-0.2, 0) is 22.5 Å². The topological polar surface area (TPSA) is 55.8 Å². The van der Waals surface area contributed by atoms with Gasteiger partial charge in [-0.25, -0.2) is 4.79 Å². The van der Waals surface area contributed by atoms with Gasteiger partial charge in [-0.05, 0) is 78.3 Å². The molecule has 0 fully saturated rings. The van der Waals surface area contributed by atoms with Gasteiger partial charge in [-0.3, -0.25) is 4.79 Å². The number of hydrogen-bond donors (Lipinski definition) is 0. The fraction of sp³-hybridized carbons (Fsp3) is 0.333. The Kier molecular flexibility index (Phi) is 6.97. The summed E-state index contributed by atoms with van der Waals surface area (Å²) in [6.45, 7) is 8.91. The van der Waals surface area contributed by atoms with Crippen molar-refractivity contribution in [1.82, 2.24) is 4.90 Å². The predicted octanol–water partition coefficient (Wildman–Crippen LogP) is 6.01. The molecule has 35 heavy (non-hydrogen) atoms. The summed E-state index contributed by atoms with van der Waals surface area (Å²) in [4.78, 5) is 27.2. The Labute approximate surface area is 207 Å². The van der Waals surface area contributed by atoms with Gasteiger partial charge in [0.25, 0.3) is 5.91 Å². The highest BCUT2D eigenvalue weighted by Crippen LogP contribution is 2.28. The Balaban J connectivity index is 1.48. The minimum atomic E-state index is -1.07. The smallest absolute Gasteiger partial charge is 0.349 e. The maximum absolute atomic E-state index is 13.3. The van der Waals surface area contributed by atoms with Gasteiger partial charge in [0.2, 0.25) is 0 Å². The molecule has 0 N–H and O–H groups in total.